The summed E-state index contributed by atoms with van der Waals surface area (Å²) in [5.41, 5.74) is 2.01. The molecule has 5 nitrogen and oxygen atoms in total. The molecule has 0 bridgehead atoms. The summed E-state index contributed by atoms with van der Waals surface area (Å²) in [5.74, 6) is -0.707. The van der Waals surface area contributed by atoms with Crippen molar-refractivity contribution in [3.05, 3.63) is 72.6 Å². The Bertz CT molecular complexity index is 881. The number of hydrogen-bond donors (Lipinski definition) is 1. The van der Waals surface area contributed by atoms with Crippen LogP contribution in [-0.2, 0) is 9.53 Å². The zero-order valence-electron chi connectivity index (χ0n) is 19.4. The lowest BCUT2D eigenvalue weighted by atomic mass is 10.0. The smallest absolute Gasteiger partial charge is 0.313 e. The average Bonchev–Trinajstić information content (AvgIpc) is 3.18. The van der Waals surface area contributed by atoms with E-state index in [4.69, 9.17) is 4.74 Å². The third-order valence-electron chi connectivity index (χ3n) is 6.05. The molecule has 2 aromatic carbocycles. The second kappa shape index (κ2) is 11.4. The lowest BCUT2D eigenvalue weighted by Gasteiger charge is -2.39. The van der Waals surface area contributed by atoms with E-state index >= 15 is 0 Å². The van der Waals surface area contributed by atoms with Crippen LogP contribution in [0.2, 0.25) is 0 Å². The molecule has 1 saturated heterocycles. The third-order valence-corrected chi connectivity index (χ3v) is 9.42. The van der Waals surface area contributed by atoms with Gasteiger partial charge in [-0.1, -0.05) is 75.6 Å². The van der Waals surface area contributed by atoms with Crippen molar-refractivity contribution in [1.29, 1.82) is 5.16 Å². The summed E-state index contributed by atoms with van der Waals surface area (Å²) < 4.78 is 9.80. The van der Waals surface area contributed by atoms with Crippen molar-refractivity contribution in [1.82, 2.24) is 0 Å². The highest BCUT2D eigenvalue weighted by Crippen LogP contribution is 2.67. The lowest BCUT2D eigenvalue weighted by Crippen LogP contribution is -2.27. The largest absolute Gasteiger partial charge is 0.466 e. The molecule has 0 radical (unpaired) electrons. The highest BCUT2D eigenvalue weighted by atomic mass is 31.2. The molecule has 1 atom stereocenters. The molecular weight excluding hydrogens is 417 g/mol. The fourth-order valence-corrected chi connectivity index (χ4v) is 7.61. The van der Waals surface area contributed by atoms with Gasteiger partial charge in [-0.05, 0) is 37.6 Å². The molecule has 1 aliphatic rings. The minimum atomic E-state index is -2.84. The molecule has 2 aromatic rings. The van der Waals surface area contributed by atoms with E-state index in [-0.39, 0.29) is 5.97 Å². The molecule has 1 N–H and O–H groups in total. The molecule has 6 heteroatoms. The molecule has 172 valence electrons. The highest BCUT2D eigenvalue weighted by molar-refractivity contribution is 7.72. The number of esters is 1. The van der Waals surface area contributed by atoms with Gasteiger partial charge in [-0.2, -0.15) is 0 Å². The molecule has 0 spiro atoms. The van der Waals surface area contributed by atoms with Crippen molar-refractivity contribution in [2.45, 2.75) is 46.0 Å². The first kappa shape index (κ1) is 24.1. The zero-order valence-corrected chi connectivity index (χ0v) is 20.3. The monoisotopic (exact) mass is 453 g/mol. The highest BCUT2D eigenvalue weighted by Gasteiger charge is 2.45. The number of anilines is 2. The topological polar surface area (TPSA) is 56.6 Å². The van der Waals surface area contributed by atoms with E-state index in [1.54, 1.807) is 0 Å². The van der Waals surface area contributed by atoms with Crippen molar-refractivity contribution >= 4 is 24.7 Å². The maximum absolute atomic E-state index is 13.0. The Kier molecular flexibility index (Phi) is 8.58. The molecule has 0 amide bonds. The van der Waals surface area contributed by atoms with Gasteiger partial charge < -0.3 is 14.1 Å². The molecule has 1 aliphatic heterocycles. The summed E-state index contributed by atoms with van der Waals surface area (Å²) >= 11 is 0. The Morgan fingerprint density at radius 3 is 1.97 bits per heavy atom. The van der Waals surface area contributed by atoms with Crippen molar-refractivity contribution < 1.29 is 9.53 Å². The van der Waals surface area contributed by atoms with Crippen LogP contribution >= 0.6 is 7.36 Å². The van der Waals surface area contributed by atoms with Crippen molar-refractivity contribution in [3.63, 3.8) is 0 Å². The standard InChI is InChI=1S/C26H36N3O2P/c1-4-6-7-14-19-25(26(30)31-5-2)22(3)32(27)28(23-15-10-8-11-16-23)20-21-29(32)24-17-12-9-13-18-24/h8-13,15-18,25,27H,3-7,14,19-21H2,1-2H3. The Hall–Kier alpha value is -2.52. The van der Waals surface area contributed by atoms with Crippen LogP contribution in [0.1, 0.15) is 46.0 Å². The van der Waals surface area contributed by atoms with Gasteiger partial charge in [0.05, 0.1) is 12.5 Å². The van der Waals surface area contributed by atoms with Crippen LogP contribution in [0.15, 0.2) is 72.6 Å². The van der Waals surface area contributed by atoms with Crippen LogP contribution in [0.5, 0.6) is 0 Å². The lowest BCUT2D eigenvalue weighted by molar-refractivity contribution is -0.146. The molecule has 1 heterocycles. The van der Waals surface area contributed by atoms with E-state index in [2.05, 4.69) is 22.8 Å². The van der Waals surface area contributed by atoms with Gasteiger partial charge in [0.2, 0.25) is 0 Å². The summed E-state index contributed by atoms with van der Waals surface area (Å²) in [6, 6.07) is 20.2. The van der Waals surface area contributed by atoms with Crippen LogP contribution in [0.4, 0.5) is 11.4 Å². The van der Waals surface area contributed by atoms with E-state index in [1.165, 1.54) is 0 Å². The van der Waals surface area contributed by atoms with Gasteiger partial charge in [0.25, 0.3) is 0 Å². The average molecular weight is 454 g/mol. The summed E-state index contributed by atoms with van der Waals surface area (Å²) in [4.78, 5) is 13.0. The number of hydrogen-bond acceptors (Lipinski definition) is 3. The normalized spacial score (nSPS) is 16.1. The maximum Gasteiger partial charge on any atom is 0.313 e. The molecule has 1 unspecified atom stereocenters. The number of ether oxygens (including phenoxy) is 1. The molecule has 1 fully saturated rings. The van der Waals surface area contributed by atoms with E-state index in [0.717, 1.165) is 50.1 Å². The van der Waals surface area contributed by atoms with Crippen LogP contribution in [0.3, 0.4) is 0 Å². The first-order valence-corrected chi connectivity index (χ1v) is 13.4. The zero-order chi connectivity index (χ0) is 23.0. The maximum atomic E-state index is 13.0. The predicted octanol–water partition coefficient (Wildman–Crippen LogP) is 7.29. The minimum absolute atomic E-state index is 0.242. The van der Waals surface area contributed by atoms with Crippen molar-refractivity contribution in [2.24, 2.45) is 5.92 Å². The van der Waals surface area contributed by atoms with Crippen LogP contribution < -0.4 is 9.34 Å². The van der Waals surface area contributed by atoms with E-state index in [0.29, 0.717) is 18.3 Å². The molecule has 0 saturated carbocycles. The van der Waals surface area contributed by atoms with Gasteiger partial charge >= 0.3 is 5.97 Å². The second-order valence-electron chi connectivity index (χ2n) is 8.16. The predicted molar refractivity (Wildman–Crippen MR) is 135 cm³/mol. The molecule has 0 aromatic heterocycles. The summed E-state index contributed by atoms with van der Waals surface area (Å²) in [5, 5.41) is 10.6. The first-order chi connectivity index (χ1) is 15.5. The quantitative estimate of drug-likeness (QED) is 0.221. The number of nitrogens with zero attached hydrogens (tertiary/aromatic N) is 2. The number of carbonyl (C=O) groups excluding carboxylic acids is 1. The molecule has 32 heavy (non-hydrogen) atoms. The van der Waals surface area contributed by atoms with E-state index < -0.39 is 13.3 Å². The van der Waals surface area contributed by atoms with Crippen LogP contribution in [-0.4, -0.2) is 25.7 Å². The Labute approximate surface area is 193 Å². The SMILES string of the molecule is C=C(C(CCCCCC)C(=O)OCC)P1(=N)N(c2ccccc2)CCN1c1ccccc1. The Morgan fingerprint density at radius 2 is 1.50 bits per heavy atom. The van der Waals surface area contributed by atoms with Gasteiger partial charge in [0.1, 0.15) is 0 Å². The number of para-hydroxylation sites is 2. The number of benzene rings is 2. The third kappa shape index (κ3) is 5.10. The number of carbonyl (C=O) groups is 1. The number of nitrogens with one attached hydrogen (secondary N) is 1. The van der Waals surface area contributed by atoms with Gasteiger partial charge in [0, 0.05) is 29.8 Å². The number of rotatable bonds is 11. The van der Waals surface area contributed by atoms with Crippen molar-refractivity contribution in [2.75, 3.05) is 29.0 Å². The Balaban J connectivity index is 2.01. The van der Waals surface area contributed by atoms with Gasteiger partial charge in [-0.15, -0.1) is 0 Å². The van der Waals surface area contributed by atoms with Crippen LogP contribution in [0, 0.1) is 11.1 Å². The van der Waals surface area contributed by atoms with Crippen molar-refractivity contribution in [3.8, 4) is 0 Å². The van der Waals surface area contributed by atoms with Gasteiger partial charge in [-0.25, -0.2) is 0 Å². The number of unbranched alkanes of at least 4 members (excludes halogenated alkanes) is 3. The Morgan fingerprint density at radius 1 is 0.969 bits per heavy atom. The van der Waals surface area contributed by atoms with E-state index in [9.17, 15) is 9.96 Å². The second-order valence-corrected chi connectivity index (χ2v) is 10.9. The minimum Gasteiger partial charge on any atom is -0.466 e. The molecule has 3 rings (SSSR count). The summed E-state index contributed by atoms with van der Waals surface area (Å²) in [6.07, 6.45) is 4.99. The van der Waals surface area contributed by atoms with Crippen LogP contribution in [0.25, 0.3) is 0 Å². The molecular formula is C26H36N3O2P. The summed E-state index contributed by atoms with van der Waals surface area (Å²) in [7, 11) is -2.84. The summed E-state index contributed by atoms with van der Waals surface area (Å²) in [6.45, 7) is 10.2. The van der Waals surface area contributed by atoms with Gasteiger partial charge in [0.15, 0.2) is 7.36 Å². The molecule has 0 aliphatic carbocycles. The fraction of sp³-hybridized carbons (Fsp3) is 0.423. The fourth-order valence-electron chi connectivity index (χ4n) is 4.37. The van der Waals surface area contributed by atoms with E-state index in [1.807, 2.05) is 67.6 Å². The first-order valence-electron chi connectivity index (χ1n) is 11.7. The van der Waals surface area contributed by atoms with Gasteiger partial charge in [-0.3, -0.25) is 9.96 Å².